The molecule has 2 heterocycles. The van der Waals surface area contributed by atoms with E-state index in [0.29, 0.717) is 6.54 Å². The van der Waals surface area contributed by atoms with Gasteiger partial charge in [0.1, 0.15) is 5.75 Å². The van der Waals surface area contributed by atoms with Gasteiger partial charge < -0.3 is 10.0 Å². The van der Waals surface area contributed by atoms with Crippen LogP contribution in [0.5, 0.6) is 5.75 Å². The molecular formula is C18H20N2O2. The lowest BCUT2D eigenvalue weighted by molar-refractivity contribution is -0.125. The molecule has 2 aromatic rings. The first-order chi connectivity index (χ1) is 10.6. The minimum Gasteiger partial charge on any atom is -0.508 e. The van der Waals surface area contributed by atoms with E-state index < -0.39 is 0 Å². The first kappa shape index (κ1) is 14.6. The number of phenols is 1. The summed E-state index contributed by atoms with van der Waals surface area (Å²) in [4.78, 5) is 18.5. The number of benzene rings is 1. The molecule has 1 N–H and O–H groups in total. The molecule has 0 unspecified atom stereocenters. The van der Waals surface area contributed by atoms with Gasteiger partial charge in [0, 0.05) is 17.9 Å². The van der Waals surface area contributed by atoms with Crippen molar-refractivity contribution < 1.29 is 9.90 Å². The molecule has 4 nitrogen and oxygen atoms in total. The van der Waals surface area contributed by atoms with Gasteiger partial charge in [-0.25, -0.2) is 4.98 Å². The maximum absolute atomic E-state index is 12.0. The molecule has 0 saturated carbocycles. The molecule has 0 aliphatic carbocycles. The maximum Gasteiger partial charge on any atom is 0.224 e. The smallest absolute Gasteiger partial charge is 0.224 e. The van der Waals surface area contributed by atoms with E-state index in [0.717, 1.165) is 40.7 Å². The van der Waals surface area contributed by atoms with E-state index in [2.05, 4.69) is 19.9 Å². The number of rotatable bonds is 2. The molecule has 1 aromatic heterocycles. The monoisotopic (exact) mass is 296 g/mol. The summed E-state index contributed by atoms with van der Waals surface area (Å²) in [6.45, 7) is 6.31. The summed E-state index contributed by atoms with van der Waals surface area (Å²) in [7, 11) is 0. The van der Waals surface area contributed by atoms with Crippen molar-refractivity contribution in [3.05, 3.63) is 41.1 Å². The van der Waals surface area contributed by atoms with Crippen LogP contribution in [0.4, 0.5) is 0 Å². The molecule has 1 aromatic carbocycles. The third-order valence-corrected chi connectivity index (χ3v) is 4.17. The summed E-state index contributed by atoms with van der Waals surface area (Å²) in [5.41, 5.74) is 4.96. The molecule has 0 atom stereocenters. The number of amides is 1. The number of phenolic OH excluding ortho intramolecular Hbond substituents is 1. The fourth-order valence-electron chi connectivity index (χ4n) is 3.19. The lowest BCUT2D eigenvalue weighted by atomic mass is 9.99. The predicted octanol–water partition coefficient (Wildman–Crippen LogP) is 3.62. The largest absolute Gasteiger partial charge is 0.508 e. The minimum atomic E-state index is 0.0339. The van der Waals surface area contributed by atoms with Crippen LogP contribution in [0.3, 0.4) is 0 Å². The maximum atomic E-state index is 12.0. The number of hydrogen-bond acceptors (Lipinski definition) is 3. The number of aromatic hydroxyl groups is 1. The summed E-state index contributed by atoms with van der Waals surface area (Å²) in [5.74, 6) is 0.279. The SMILES string of the molecule is CC/C=C1/c2nc3ccc(O)cc3c(CC)c2CN1C(C)=O. The van der Waals surface area contributed by atoms with Gasteiger partial charge in [-0.1, -0.05) is 19.9 Å². The Hall–Kier alpha value is -2.36. The van der Waals surface area contributed by atoms with Crippen LogP contribution in [0.15, 0.2) is 24.3 Å². The van der Waals surface area contributed by atoms with Crippen LogP contribution in [0.1, 0.15) is 44.0 Å². The Kier molecular flexibility index (Phi) is 3.61. The Bertz CT molecular complexity index is 793. The molecule has 0 saturated heterocycles. The molecule has 0 spiro atoms. The number of aryl methyl sites for hydroxylation is 1. The van der Waals surface area contributed by atoms with Gasteiger partial charge in [0.05, 0.1) is 23.5 Å². The van der Waals surface area contributed by atoms with E-state index in [-0.39, 0.29) is 11.7 Å². The van der Waals surface area contributed by atoms with Gasteiger partial charge in [-0.2, -0.15) is 0 Å². The fraction of sp³-hybridized carbons (Fsp3) is 0.333. The summed E-state index contributed by atoms with van der Waals surface area (Å²) >= 11 is 0. The quantitative estimate of drug-likeness (QED) is 0.921. The van der Waals surface area contributed by atoms with Crippen molar-refractivity contribution in [2.75, 3.05) is 0 Å². The molecule has 1 amide bonds. The Morgan fingerprint density at radius 2 is 2.18 bits per heavy atom. The van der Waals surface area contributed by atoms with E-state index in [1.807, 2.05) is 6.07 Å². The van der Waals surface area contributed by atoms with Gasteiger partial charge in [0.15, 0.2) is 0 Å². The fourth-order valence-corrected chi connectivity index (χ4v) is 3.19. The number of nitrogens with zero attached hydrogens (tertiary/aromatic N) is 2. The van der Waals surface area contributed by atoms with Crippen LogP contribution in [0.25, 0.3) is 16.6 Å². The van der Waals surface area contributed by atoms with Gasteiger partial charge in [-0.05, 0) is 36.6 Å². The number of carbonyl (C=O) groups excluding carboxylic acids is 1. The van der Waals surface area contributed by atoms with Crippen molar-refractivity contribution in [3.8, 4) is 5.75 Å². The Balaban J connectivity index is 2.32. The summed E-state index contributed by atoms with van der Waals surface area (Å²) < 4.78 is 0. The highest BCUT2D eigenvalue weighted by Gasteiger charge is 2.30. The number of carbonyl (C=O) groups is 1. The van der Waals surface area contributed by atoms with Crippen LogP contribution in [0, 0.1) is 0 Å². The lowest BCUT2D eigenvalue weighted by Crippen LogP contribution is -2.21. The first-order valence-corrected chi connectivity index (χ1v) is 7.69. The molecule has 22 heavy (non-hydrogen) atoms. The third-order valence-electron chi connectivity index (χ3n) is 4.17. The Morgan fingerprint density at radius 3 is 2.82 bits per heavy atom. The van der Waals surface area contributed by atoms with E-state index in [4.69, 9.17) is 4.98 Å². The van der Waals surface area contributed by atoms with Gasteiger partial charge >= 0.3 is 0 Å². The number of allylic oxidation sites excluding steroid dienone is 1. The van der Waals surface area contributed by atoms with Gasteiger partial charge in [-0.15, -0.1) is 0 Å². The molecule has 1 aliphatic heterocycles. The van der Waals surface area contributed by atoms with Crippen LogP contribution in [-0.4, -0.2) is 20.9 Å². The van der Waals surface area contributed by atoms with Crippen LogP contribution < -0.4 is 0 Å². The zero-order chi connectivity index (χ0) is 15.9. The first-order valence-electron chi connectivity index (χ1n) is 7.69. The third kappa shape index (κ3) is 2.15. The molecular weight excluding hydrogens is 276 g/mol. The Morgan fingerprint density at radius 1 is 1.41 bits per heavy atom. The molecule has 4 heteroatoms. The number of pyridine rings is 1. The summed E-state index contributed by atoms with van der Waals surface area (Å²) in [6, 6.07) is 5.26. The van der Waals surface area contributed by atoms with Crippen molar-refractivity contribution in [3.63, 3.8) is 0 Å². The van der Waals surface area contributed by atoms with Crippen LogP contribution in [0.2, 0.25) is 0 Å². The van der Waals surface area contributed by atoms with E-state index in [9.17, 15) is 9.90 Å². The average molecular weight is 296 g/mol. The summed E-state index contributed by atoms with van der Waals surface area (Å²) in [6.07, 6.45) is 3.76. The Labute approximate surface area is 130 Å². The van der Waals surface area contributed by atoms with E-state index >= 15 is 0 Å². The average Bonchev–Trinajstić information content (AvgIpc) is 2.84. The molecule has 0 bridgehead atoms. The van der Waals surface area contributed by atoms with Crippen molar-refractivity contribution in [2.24, 2.45) is 0 Å². The minimum absolute atomic E-state index is 0.0339. The molecule has 3 rings (SSSR count). The van der Waals surface area contributed by atoms with Gasteiger partial charge in [0.2, 0.25) is 5.91 Å². The second-order valence-corrected chi connectivity index (χ2v) is 5.58. The van der Waals surface area contributed by atoms with Crippen molar-refractivity contribution in [2.45, 2.75) is 40.2 Å². The molecule has 0 fully saturated rings. The molecule has 0 radical (unpaired) electrons. The zero-order valence-electron chi connectivity index (χ0n) is 13.2. The van der Waals surface area contributed by atoms with E-state index in [1.165, 1.54) is 5.56 Å². The zero-order valence-corrected chi connectivity index (χ0v) is 13.2. The predicted molar refractivity (Wildman–Crippen MR) is 87.3 cm³/mol. The van der Waals surface area contributed by atoms with E-state index in [1.54, 1.807) is 24.0 Å². The van der Waals surface area contributed by atoms with Crippen LogP contribution in [-0.2, 0) is 17.8 Å². The normalized spacial score (nSPS) is 15.6. The topological polar surface area (TPSA) is 53.4 Å². The highest BCUT2D eigenvalue weighted by molar-refractivity contribution is 5.93. The van der Waals surface area contributed by atoms with Gasteiger partial charge in [0.25, 0.3) is 0 Å². The summed E-state index contributed by atoms with van der Waals surface area (Å²) in [5, 5.41) is 10.7. The van der Waals surface area contributed by atoms with Crippen LogP contribution >= 0.6 is 0 Å². The second kappa shape index (κ2) is 5.44. The number of aromatic nitrogens is 1. The number of fused-ring (bicyclic) bond motifs is 2. The highest BCUT2D eigenvalue weighted by Crippen LogP contribution is 2.38. The lowest BCUT2D eigenvalue weighted by Gasteiger charge is -2.14. The second-order valence-electron chi connectivity index (χ2n) is 5.58. The molecule has 114 valence electrons. The van der Waals surface area contributed by atoms with Crippen molar-refractivity contribution in [1.29, 1.82) is 0 Å². The highest BCUT2D eigenvalue weighted by atomic mass is 16.3. The standard InChI is InChI=1S/C18H20N2O2/c1-4-6-17-18-15(10-20(17)11(3)21)13(5-2)14-9-12(22)7-8-16(14)19-18/h6-9,22H,4-5,10H2,1-3H3/b17-6-. The van der Waals surface area contributed by atoms with Crippen molar-refractivity contribution >= 4 is 22.5 Å². The molecule has 1 aliphatic rings. The van der Waals surface area contributed by atoms with Crippen molar-refractivity contribution in [1.82, 2.24) is 9.88 Å². The van der Waals surface area contributed by atoms with Gasteiger partial charge in [-0.3, -0.25) is 4.79 Å². The number of hydrogen-bond donors (Lipinski definition) is 1.